The van der Waals surface area contributed by atoms with Crippen molar-refractivity contribution in [1.29, 1.82) is 0 Å². The van der Waals surface area contributed by atoms with Gasteiger partial charge >= 0.3 is 0 Å². The molecule has 5 heteroatoms. The minimum atomic E-state index is -0.00268. The minimum absolute atomic E-state index is 0.00268. The van der Waals surface area contributed by atoms with Gasteiger partial charge in [0.25, 0.3) is 5.91 Å². The van der Waals surface area contributed by atoms with Gasteiger partial charge < -0.3 is 14.6 Å². The lowest BCUT2D eigenvalue weighted by molar-refractivity contribution is -0.134. The van der Waals surface area contributed by atoms with Gasteiger partial charge in [0.1, 0.15) is 11.6 Å². The molecular weight excluding hydrogens is 326 g/mol. The molecule has 0 bridgehead atoms. The van der Waals surface area contributed by atoms with Gasteiger partial charge in [-0.2, -0.15) is 0 Å². The Kier molecular flexibility index (Phi) is 4.37. The molecule has 1 aromatic heterocycles. The number of benzene rings is 2. The first kappa shape index (κ1) is 16.6. The van der Waals surface area contributed by atoms with E-state index < -0.39 is 0 Å². The van der Waals surface area contributed by atoms with Crippen molar-refractivity contribution >= 4 is 16.9 Å². The van der Waals surface area contributed by atoms with Crippen LogP contribution in [0, 0.1) is 13.8 Å². The summed E-state index contributed by atoms with van der Waals surface area (Å²) in [5.41, 5.74) is 4.19. The number of para-hydroxylation sites is 2. The molecule has 1 N–H and O–H groups in total. The molecule has 1 atom stereocenters. The molecule has 2 heterocycles. The second-order valence-corrected chi connectivity index (χ2v) is 6.87. The first-order chi connectivity index (χ1) is 12.6. The van der Waals surface area contributed by atoms with Crippen molar-refractivity contribution in [1.82, 2.24) is 14.9 Å². The van der Waals surface area contributed by atoms with E-state index in [0.29, 0.717) is 0 Å². The number of aromatic amines is 1. The van der Waals surface area contributed by atoms with Crippen molar-refractivity contribution in [3.05, 3.63) is 59.4 Å². The van der Waals surface area contributed by atoms with Gasteiger partial charge in [-0.1, -0.05) is 24.3 Å². The van der Waals surface area contributed by atoms with Crippen LogP contribution < -0.4 is 4.74 Å². The number of nitrogens with one attached hydrogen (secondary N) is 1. The Morgan fingerprint density at radius 3 is 2.92 bits per heavy atom. The normalized spacial score (nSPS) is 17.0. The maximum absolute atomic E-state index is 12.8. The van der Waals surface area contributed by atoms with E-state index in [0.717, 1.165) is 53.1 Å². The van der Waals surface area contributed by atoms with Crippen LogP contribution in [0.1, 0.15) is 35.8 Å². The molecule has 134 valence electrons. The maximum Gasteiger partial charge on any atom is 0.261 e. The number of carbonyl (C=O) groups is 1. The fourth-order valence-electron chi connectivity index (χ4n) is 3.58. The summed E-state index contributed by atoms with van der Waals surface area (Å²) >= 11 is 0. The third kappa shape index (κ3) is 3.05. The number of carbonyl (C=O) groups excluding carboxylic acids is 1. The van der Waals surface area contributed by atoms with Crippen LogP contribution in [0.2, 0.25) is 0 Å². The molecule has 1 fully saturated rings. The number of nitrogens with zero attached hydrogens (tertiary/aromatic N) is 2. The molecule has 0 saturated carbocycles. The van der Waals surface area contributed by atoms with Gasteiger partial charge in [-0.25, -0.2) is 4.98 Å². The van der Waals surface area contributed by atoms with E-state index in [1.54, 1.807) is 0 Å². The molecule has 5 nitrogen and oxygen atoms in total. The topological polar surface area (TPSA) is 58.2 Å². The average molecular weight is 349 g/mol. The van der Waals surface area contributed by atoms with Crippen molar-refractivity contribution in [3.8, 4) is 5.75 Å². The zero-order chi connectivity index (χ0) is 18.1. The summed E-state index contributed by atoms with van der Waals surface area (Å²) in [7, 11) is 0. The van der Waals surface area contributed by atoms with E-state index in [-0.39, 0.29) is 18.6 Å². The lowest BCUT2D eigenvalue weighted by atomic mass is 10.1. The van der Waals surface area contributed by atoms with Crippen molar-refractivity contribution < 1.29 is 9.53 Å². The van der Waals surface area contributed by atoms with E-state index in [9.17, 15) is 4.79 Å². The van der Waals surface area contributed by atoms with Crippen molar-refractivity contribution in [3.63, 3.8) is 0 Å². The van der Waals surface area contributed by atoms with E-state index in [4.69, 9.17) is 4.74 Å². The molecule has 1 amide bonds. The minimum Gasteiger partial charge on any atom is -0.483 e. The van der Waals surface area contributed by atoms with Gasteiger partial charge in [0.05, 0.1) is 17.1 Å². The van der Waals surface area contributed by atoms with Crippen LogP contribution >= 0.6 is 0 Å². The van der Waals surface area contributed by atoms with Crippen LogP contribution in [0.15, 0.2) is 42.5 Å². The molecule has 26 heavy (non-hydrogen) atoms. The van der Waals surface area contributed by atoms with Crippen LogP contribution in [0.4, 0.5) is 0 Å². The molecule has 2 aromatic carbocycles. The number of hydrogen-bond donors (Lipinski definition) is 1. The molecule has 0 aliphatic carbocycles. The van der Waals surface area contributed by atoms with E-state index >= 15 is 0 Å². The molecular formula is C21H23N3O2. The van der Waals surface area contributed by atoms with Crippen LogP contribution in [-0.4, -0.2) is 33.9 Å². The summed E-state index contributed by atoms with van der Waals surface area (Å²) in [4.78, 5) is 22.7. The van der Waals surface area contributed by atoms with E-state index in [1.165, 1.54) is 0 Å². The monoisotopic (exact) mass is 349 g/mol. The number of imidazole rings is 1. The Bertz CT molecular complexity index is 914. The first-order valence-corrected chi connectivity index (χ1v) is 9.06. The van der Waals surface area contributed by atoms with Crippen LogP contribution in [0.3, 0.4) is 0 Å². The number of hydrogen-bond acceptors (Lipinski definition) is 3. The van der Waals surface area contributed by atoms with E-state index in [1.807, 2.05) is 61.2 Å². The van der Waals surface area contributed by atoms with Crippen LogP contribution in [0.5, 0.6) is 5.75 Å². The Labute approximate surface area is 153 Å². The van der Waals surface area contributed by atoms with Gasteiger partial charge in [0, 0.05) is 6.54 Å². The fraction of sp³-hybridized carbons (Fsp3) is 0.333. The number of likely N-dealkylation sites (tertiary alicyclic amines) is 1. The van der Waals surface area contributed by atoms with Gasteiger partial charge in [-0.3, -0.25) is 4.79 Å². The summed E-state index contributed by atoms with van der Waals surface area (Å²) in [6.07, 6.45) is 1.91. The third-order valence-corrected chi connectivity index (χ3v) is 5.20. The van der Waals surface area contributed by atoms with Gasteiger partial charge in [0.15, 0.2) is 6.61 Å². The number of aryl methyl sites for hydroxylation is 1. The van der Waals surface area contributed by atoms with Crippen molar-refractivity contribution in [2.75, 3.05) is 13.2 Å². The van der Waals surface area contributed by atoms with Crippen molar-refractivity contribution in [2.24, 2.45) is 0 Å². The average Bonchev–Trinajstić information content (AvgIpc) is 3.29. The number of ether oxygens (including phenoxy) is 1. The van der Waals surface area contributed by atoms with Gasteiger partial charge in [-0.05, 0) is 56.0 Å². The SMILES string of the molecule is Cc1cccc(OCC(=O)N2CCC[C@@H]2c2nc3ccccc3[nH]2)c1C. The standard InChI is InChI=1S/C21H23N3O2/c1-14-7-5-11-19(15(14)2)26-13-20(25)24-12-6-10-18(24)21-22-16-8-3-4-9-17(16)23-21/h3-5,7-9,11,18H,6,10,12-13H2,1-2H3,(H,22,23)/t18-/m1/s1. The zero-order valence-corrected chi connectivity index (χ0v) is 15.2. The third-order valence-electron chi connectivity index (χ3n) is 5.20. The summed E-state index contributed by atoms with van der Waals surface area (Å²) in [5.74, 6) is 1.65. The second-order valence-electron chi connectivity index (χ2n) is 6.87. The number of aromatic nitrogens is 2. The smallest absolute Gasteiger partial charge is 0.261 e. The molecule has 1 saturated heterocycles. The maximum atomic E-state index is 12.8. The highest BCUT2D eigenvalue weighted by molar-refractivity contribution is 5.79. The quantitative estimate of drug-likeness (QED) is 0.776. The van der Waals surface area contributed by atoms with Crippen LogP contribution in [-0.2, 0) is 4.79 Å². The molecule has 1 aliphatic rings. The molecule has 0 spiro atoms. The highest BCUT2D eigenvalue weighted by atomic mass is 16.5. The summed E-state index contributed by atoms with van der Waals surface area (Å²) in [6.45, 7) is 4.86. The first-order valence-electron chi connectivity index (χ1n) is 9.06. The van der Waals surface area contributed by atoms with E-state index in [2.05, 4.69) is 9.97 Å². The predicted octanol–water partition coefficient (Wildman–Crippen LogP) is 3.92. The highest BCUT2D eigenvalue weighted by Crippen LogP contribution is 2.31. The Hall–Kier alpha value is -2.82. The molecule has 3 aromatic rings. The number of fused-ring (bicyclic) bond motifs is 1. The number of amides is 1. The number of rotatable bonds is 4. The largest absolute Gasteiger partial charge is 0.483 e. The van der Waals surface area contributed by atoms with Crippen LogP contribution in [0.25, 0.3) is 11.0 Å². The Morgan fingerprint density at radius 2 is 2.08 bits per heavy atom. The highest BCUT2D eigenvalue weighted by Gasteiger charge is 2.32. The molecule has 0 radical (unpaired) electrons. The number of H-pyrrole nitrogens is 1. The lowest BCUT2D eigenvalue weighted by Crippen LogP contribution is -2.35. The Morgan fingerprint density at radius 1 is 1.23 bits per heavy atom. The second kappa shape index (κ2) is 6.83. The summed E-state index contributed by atoms with van der Waals surface area (Å²) in [5, 5.41) is 0. The molecule has 0 unspecified atom stereocenters. The van der Waals surface area contributed by atoms with Crippen molar-refractivity contribution in [2.45, 2.75) is 32.7 Å². The fourth-order valence-corrected chi connectivity index (χ4v) is 3.58. The zero-order valence-electron chi connectivity index (χ0n) is 15.2. The predicted molar refractivity (Wildman–Crippen MR) is 101 cm³/mol. The van der Waals surface area contributed by atoms with Gasteiger partial charge in [0.2, 0.25) is 0 Å². The summed E-state index contributed by atoms with van der Waals surface area (Å²) in [6, 6.07) is 13.9. The summed E-state index contributed by atoms with van der Waals surface area (Å²) < 4.78 is 5.81. The Balaban J connectivity index is 1.49. The van der Waals surface area contributed by atoms with Gasteiger partial charge in [-0.15, -0.1) is 0 Å². The molecule has 1 aliphatic heterocycles. The molecule has 4 rings (SSSR count). The lowest BCUT2D eigenvalue weighted by Gasteiger charge is -2.23.